The van der Waals surface area contributed by atoms with Crippen LogP contribution in [0.15, 0.2) is 47.8 Å². The molecular weight excluding hydrogens is 264 g/mol. The van der Waals surface area contributed by atoms with Gasteiger partial charge in [-0.15, -0.1) is 11.3 Å². The lowest BCUT2D eigenvalue weighted by Gasteiger charge is -2.14. The van der Waals surface area contributed by atoms with Gasteiger partial charge in [0.15, 0.2) is 0 Å². The first-order valence-electron chi connectivity index (χ1n) is 7.09. The van der Waals surface area contributed by atoms with Gasteiger partial charge in [-0.05, 0) is 52.8 Å². The van der Waals surface area contributed by atoms with Gasteiger partial charge in [-0.1, -0.05) is 36.4 Å². The lowest BCUT2D eigenvalue weighted by atomic mass is 9.97. The summed E-state index contributed by atoms with van der Waals surface area (Å²) in [6.45, 7) is 0. The van der Waals surface area contributed by atoms with E-state index in [0.717, 1.165) is 17.5 Å². The Labute approximate surface area is 122 Å². The van der Waals surface area contributed by atoms with Crippen molar-refractivity contribution in [2.24, 2.45) is 0 Å². The Bertz CT molecular complexity index is 772. The van der Waals surface area contributed by atoms with Gasteiger partial charge >= 0.3 is 0 Å². The number of benzene rings is 2. The largest absolute Gasteiger partial charge is 0.384 e. The molecule has 1 aliphatic rings. The van der Waals surface area contributed by atoms with Crippen molar-refractivity contribution in [1.82, 2.24) is 0 Å². The summed E-state index contributed by atoms with van der Waals surface area (Å²) in [4.78, 5) is 0. The van der Waals surface area contributed by atoms with Gasteiger partial charge in [0.2, 0.25) is 0 Å². The molecule has 0 aliphatic heterocycles. The van der Waals surface area contributed by atoms with Gasteiger partial charge in [-0.3, -0.25) is 0 Å². The zero-order valence-corrected chi connectivity index (χ0v) is 12.0. The molecule has 0 radical (unpaired) electrons. The van der Waals surface area contributed by atoms with Crippen LogP contribution in [0.3, 0.4) is 0 Å². The monoisotopic (exact) mass is 280 g/mol. The number of aliphatic hydroxyl groups excluding tert-OH is 1. The second-order valence-electron chi connectivity index (χ2n) is 5.47. The average Bonchev–Trinajstić information content (AvgIpc) is 3.13. The first kappa shape index (κ1) is 12.1. The fraction of sp³-hybridized carbons (Fsp3) is 0.222. The van der Waals surface area contributed by atoms with E-state index in [4.69, 9.17) is 0 Å². The van der Waals surface area contributed by atoms with Gasteiger partial charge in [-0.25, -0.2) is 0 Å². The molecule has 1 heterocycles. The first-order valence-corrected chi connectivity index (χ1v) is 7.97. The van der Waals surface area contributed by atoms with Gasteiger partial charge in [-0.2, -0.15) is 0 Å². The van der Waals surface area contributed by atoms with Crippen LogP contribution in [0.5, 0.6) is 0 Å². The van der Waals surface area contributed by atoms with Crippen molar-refractivity contribution in [2.45, 2.75) is 25.4 Å². The fourth-order valence-electron chi connectivity index (χ4n) is 3.17. The van der Waals surface area contributed by atoms with Crippen molar-refractivity contribution in [1.29, 1.82) is 0 Å². The summed E-state index contributed by atoms with van der Waals surface area (Å²) in [5.41, 5.74) is 4.91. The Kier molecular flexibility index (Phi) is 2.86. The van der Waals surface area contributed by atoms with Crippen molar-refractivity contribution in [3.63, 3.8) is 0 Å². The van der Waals surface area contributed by atoms with E-state index in [2.05, 4.69) is 35.7 Å². The number of fused-ring (bicyclic) bond motifs is 2. The SMILES string of the molecule is OC(c1ccc2c(c1)CCC2)c1cccc2ccsc12. The van der Waals surface area contributed by atoms with E-state index in [1.165, 1.54) is 34.1 Å². The third-order valence-corrected chi connectivity index (χ3v) is 5.22. The molecule has 2 aromatic carbocycles. The lowest BCUT2D eigenvalue weighted by Crippen LogP contribution is -2.00. The summed E-state index contributed by atoms with van der Waals surface area (Å²) < 4.78 is 1.19. The van der Waals surface area contributed by atoms with Gasteiger partial charge in [0.25, 0.3) is 0 Å². The molecule has 0 bridgehead atoms. The molecule has 0 fully saturated rings. The number of aliphatic hydroxyl groups is 1. The van der Waals surface area contributed by atoms with Crippen LogP contribution in [-0.4, -0.2) is 5.11 Å². The van der Waals surface area contributed by atoms with Crippen molar-refractivity contribution < 1.29 is 5.11 Å². The van der Waals surface area contributed by atoms with Crippen molar-refractivity contribution >= 4 is 21.4 Å². The third kappa shape index (κ3) is 1.88. The Morgan fingerprint density at radius 3 is 2.85 bits per heavy atom. The summed E-state index contributed by atoms with van der Waals surface area (Å²) in [6.07, 6.45) is 3.06. The van der Waals surface area contributed by atoms with Crippen LogP contribution in [0.2, 0.25) is 0 Å². The standard InChI is InChI=1S/C18H16OS/c19-17(15-8-7-12-3-1-5-14(12)11-15)16-6-2-4-13-9-10-20-18(13)16/h2,4,6-11,17,19H,1,3,5H2. The molecule has 100 valence electrons. The number of rotatable bonds is 2. The highest BCUT2D eigenvalue weighted by molar-refractivity contribution is 7.17. The van der Waals surface area contributed by atoms with Crippen molar-refractivity contribution in [3.8, 4) is 0 Å². The van der Waals surface area contributed by atoms with E-state index in [1.54, 1.807) is 11.3 Å². The quantitative estimate of drug-likeness (QED) is 0.734. The minimum atomic E-state index is -0.525. The van der Waals surface area contributed by atoms with Gasteiger partial charge in [0.1, 0.15) is 6.10 Å². The molecule has 1 nitrogen and oxygen atoms in total. The minimum Gasteiger partial charge on any atom is -0.384 e. The highest BCUT2D eigenvalue weighted by atomic mass is 32.1. The minimum absolute atomic E-state index is 0.525. The molecule has 4 rings (SSSR count). The highest BCUT2D eigenvalue weighted by Gasteiger charge is 2.17. The van der Waals surface area contributed by atoms with Gasteiger partial charge < -0.3 is 5.11 Å². The second-order valence-corrected chi connectivity index (χ2v) is 6.39. The molecule has 1 atom stereocenters. The maximum Gasteiger partial charge on any atom is 0.105 e. The molecule has 2 heteroatoms. The maximum atomic E-state index is 10.7. The normalized spacial score (nSPS) is 15.4. The molecular formula is C18H16OS. The Morgan fingerprint density at radius 1 is 1.00 bits per heavy atom. The average molecular weight is 280 g/mol. The third-order valence-electron chi connectivity index (χ3n) is 4.24. The molecule has 0 saturated carbocycles. The summed E-state index contributed by atoms with van der Waals surface area (Å²) in [6, 6.07) is 14.7. The highest BCUT2D eigenvalue weighted by Crippen LogP contribution is 2.34. The zero-order chi connectivity index (χ0) is 13.5. The lowest BCUT2D eigenvalue weighted by molar-refractivity contribution is 0.222. The van der Waals surface area contributed by atoms with Crippen LogP contribution < -0.4 is 0 Å². The summed E-state index contributed by atoms with van der Waals surface area (Å²) in [7, 11) is 0. The zero-order valence-electron chi connectivity index (χ0n) is 11.2. The van der Waals surface area contributed by atoms with E-state index in [9.17, 15) is 5.11 Å². The molecule has 0 amide bonds. The van der Waals surface area contributed by atoms with Gasteiger partial charge in [0, 0.05) is 10.3 Å². The molecule has 20 heavy (non-hydrogen) atoms. The number of thiophene rings is 1. The number of hydrogen-bond acceptors (Lipinski definition) is 2. The van der Waals surface area contributed by atoms with Crippen molar-refractivity contribution in [3.05, 3.63) is 70.1 Å². The van der Waals surface area contributed by atoms with E-state index < -0.39 is 6.10 Å². The molecule has 0 saturated heterocycles. The summed E-state index contributed by atoms with van der Waals surface area (Å²) >= 11 is 1.70. The van der Waals surface area contributed by atoms with Crippen LogP contribution in [0, 0.1) is 0 Å². The van der Waals surface area contributed by atoms with Crippen LogP contribution >= 0.6 is 11.3 Å². The van der Waals surface area contributed by atoms with E-state index >= 15 is 0 Å². The van der Waals surface area contributed by atoms with Crippen molar-refractivity contribution in [2.75, 3.05) is 0 Å². The topological polar surface area (TPSA) is 20.2 Å². The number of aryl methyl sites for hydroxylation is 2. The first-order chi connectivity index (χ1) is 9.83. The van der Waals surface area contributed by atoms with E-state index in [-0.39, 0.29) is 0 Å². The van der Waals surface area contributed by atoms with Gasteiger partial charge in [0.05, 0.1) is 0 Å². The Hall–Kier alpha value is -1.64. The second kappa shape index (κ2) is 4.72. The van der Waals surface area contributed by atoms with E-state index in [0.29, 0.717) is 0 Å². The molecule has 3 aromatic rings. The molecule has 1 unspecified atom stereocenters. The molecule has 1 aliphatic carbocycles. The predicted molar refractivity (Wildman–Crippen MR) is 84.4 cm³/mol. The van der Waals surface area contributed by atoms with Crippen LogP contribution in [-0.2, 0) is 12.8 Å². The number of hydrogen-bond donors (Lipinski definition) is 1. The molecule has 0 spiro atoms. The summed E-state index contributed by atoms with van der Waals surface area (Å²) in [5, 5.41) is 14.0. The van der Waals surface area contributed by atoms with E-state index in [1.807, 2.05) is 12.1 Å². The smallest absolute Gasteiger partial charge is 0.105 e. The predicted octanol–water partition coefficient (Wildman–Crippen LogP) is 4.47. The Balaban J connectivity index is 1.80. The van der Waals surface area contributed by atoms with Crippen LogP contribution in [0.25, 0.3) is 10.1 Å². The van der Waals surface area contributed by atoms with Crippen LogP contribution in [0.1, 0.15) is 34.8 Å². The Morgan fingerprint density at radius 2 is 1.90 bits per heavy atom. The molecule has 1 N–H and O–H groups in total. The fourth-order valence-corrected chi connectivity index (χ4v) is 4.11. The maximum absolute atomic E-state index is 10.7. The van der Waals surface area contributed by atoms with Crippen LogP contribution in [0.4, 0.5) is 0 Å². The molecule has 1 aromatic heterocycles. The summed E-state index contributed by atoms with van der Waals surface area (Å²) in [5.74, 6) is 0.